The summed E-state index contributed by atoms with van der Waals surface area (Å²) in [6.07, 6.45) is 6.63. The van der Waals surface area contributed by atoms with E-state index in [4.69, 9.17) is 5.73 Å². The highest BCUT2D eigenvalue weighted by molar-refractivity contribution is 6.12. The van der Waals surface area contributed by atoms with Crippen molar-refractivity contribution in [1.29, 1.82) is 0 Å². The Morgan fingerprint density at radius 3 is 2.28 bits per heavy atom. The average molecular weight is 601 g/mol. The van der Waals surface area contributed by atoms with Gasteiger partial charge in [0.15, 0.2) is 0 Å². The number of carbonyl (C=O) groups excluding carboxylic acids is 5. The van der Waals surface area contributed by atoms with Crippen LogP contribution in [0, 0.1) is 5.92 Å². The van der Waals surface area contributed by atoms with Crippen molar-refractivity contribution in [2.24, 2.45) is 11.7 Å². The molecule has 1 aromatic carbocycles. The van der Waals surface area contributed by atoms with Gasteiger partial charge in [-0.3, -0.25) is 29.4 Å². The van der Waals surface area contributed by atoms with Crippen molar-refractivity contribution >= 4 is 35.3 Å². The van der Waals surface area contributed by atoms with Crippen LogP contribution in [0.1, 0.15) is 58.4 Å². The van der Waals surface area contributed by atoms with Crippen LogP contribution in [0.3, 0.4) is 0 Å². The van der Waals surface area contributed by atoms with Crippen molar-refractivity contribution in [3.05, 3.63) is 54.1 Å². The number of benzene rings is 1. The molecule has 0 spiro atoms. The summed E-state index contributed by atoms with van der Waals surface area (Å²) in [5, 5.41) is 31.6. The van der Waals surface area contributed by atoms with E-state index in [2.05, 4.69) is 21.3 Å². The fourth-order valence-electron chi connectivity index (χ4n) is 4.26. The molecular weight excluding hydrogens is 556 g/mol. The van der Waals surface area contributed by atoms with Crippen LogP contribution in [-0.2, 0) is 25.8 Å². The summed E-state index contributed by atoms with van der Waals surface area (Å²) in [5.41, 5.74) is 5.11. The highest BCUT2D eigenvalue weighted by atomic mass is 16.3. The number of hydrogen-bond acceptors (Lipinski definition) is 8. The van der Waals surface area contributed by atoms with Crippen molar-refractivity contribution in [2.75, 3.05) is 18.4 Å². The average Bonchev–Trinajstić information content (AvgIpc) is 3.28. The summed E-state index contributed by atoms with van der Waals surface area (Å²) in [7, 11) is 0. The predicted octanol–water partition coefficient (Wildman–Crippen LogP) is 1.02. The second-order valence-electron chi connectivity index (χ2n) is 10.9. The molecule has 3 unspecified atom stereocenters. The molecule has 1 aliphatic heterocycles. The van der Waals surface area contributed by atoms with E-state index in [-0.39, 0.29) is 43.2 Å². The lowest BCUT2D eigenvalue weighted by molar-refractivity contribution is -0.137. The number of anilines is 1. The number of urea groups is 1. The van der Waals surface area contributed by atoms with E-state index in [1.165, 1.54) is 12.2 Å². The number of primary amides is 1. The Kier molecular flexibility index (Phi) is 14.0. The Hall–Kier alpha value is -4.07. The molecule has 2 rings (SSSR count). The fraction of sp³-hybridized carbons (Fsp3) is 0.500. The van der Waals surface area contributed by atoms with Gasteiger partial charge in [0.05, 0.1) is 12.1 Å². The molecule has 6 amide bonds. The number of nitrogens with two attached hydrogens (primary N) is 1. The quantitative estimate of drug-likeness (QED) is 0.0560. The van der Waals surface area contributed by atoms with E-state index in [0.29, 0.717) is 43.5 Å². The lowest BCUT2D eigenvalue weighted by Gasteiger charge is -2.40. The van der Waals surface area contributed by atoms with E-state index < -0.39 is 29.7 Å². The maximum absolute atomic E-state index is 13.2. The van der Waals surface area contributed by atoms with Gasteiger partial charge in [-0.25, -0.2) is 4.79 Å². The van der Waals surface area contributed by atoms with E-state index >= 15 is 0 Å². The molecule has 1 heterocycles. The highest BCUT2D eigenvalue weighted by Gasteiger charge is 2.39. The van der Waals surface area contributed by atoms with Crippen LogP contribution in [-0.4, -0.2) is 75.7 Å². The molecule has 236 valence electrons. The number of aliphatic hydroxyl groups is 2. The lowest BCUT2D eigenvalue weighted by Crippen LogP contribution is -2.64. The number of carbonyl (C=O) groups is 5. The van der Waals surface area contributed by atoms with Gasteiger partial charge in [-0.2, -0.15) is 0 Å². The van der Waals surface area contributed by atoms with Gasteiger partial charge >= 0.3 is 6.03 Å². The molecule has 8 N–H and O–H groups in total. The first-order chi connectivity index (χ1) is 20.4. The molecular formula is C30H44N6O7. The van der Waals surface area contributed by atoms with E-state index in [9.17, 15) is 34.2 Å². The number of rotatable bonds is 18. The van der Waals surface area contributed by atoms with Crippen LogP contribution >= 0.6 is 0 Å². The van der Waals surface area contributed by atoms with E-state index in [1.54, 1.807) is 43.3 Å². The molecule has 43 heavy (non-hydrogen) atoms. The monoisotopic (exact) mass is 600 g/mol. The number of nitrogens with zero attached hydrogens (tertiary/aromatic N) is 1. The second-order valence-corrected chi connectivity index (χ2v) is 10.9. The van der Waals surface area contributed by atoms with Gasteiger partial charge in [0.2, 0.25) is 11.8 Å². The Balaban J connectivity index is 2.01. The Bertz CT molecular complexity index is 1170. The molecule has 1 aliphatic rings. The Morgan fingerprint density at radius 1 is 1.05 bits per heavy atom. The second kappa shape index (κ2) is 17.1. The number of hydrogen-bond donors (Lipinski definition) is 7. The zero-order valence-corrected chi connectivity index (χ0v) is 25.0. The minimum atomic E-state index is -1.34. The van der Waals surface area contributed by atoms with Crippen molar-refractivity contribution in [3.8, 4) is 0 Å². The van der Waals surface area contributed by atoms with E-state index in [1.807, 2.05) is 13.8 Å². The van der Waals surface area contributed by atoms with Crippen molar-refractivity contribution in [1.82, 2.24) is 20.9 Å². The molecule has 13 nitrogen and oxygen atoms in total. The van der Waals surface area contributed by atoms with Crippen molar-refractivity contribution in [3.63, 3.8) is 0 Å². The first kappa shape index (κ1) is 35.1. The topological polar surface area (TPSA) is 203 Å². The first-order valence-corrected chi connectivity index (χ1v) is 14.4. The summed E-state index contributed by atoms with van der Waals surface area (Å²) < 4.78 is 0. The first-order valence-electron chi connectivity index (χ1n) is 14.4. The standard InChI is InChI=1S/C30H44N6O7/c1-20(2)30(3,35-24(38)10-5-4-8-18-36-25(39)15-16-26(36)40)28(42)34-23(9-6-7-17-32-29(31)43)27(41)33-22-13-11-21(19-37)12-14-22/h6,9,11-16,20,23,28,34,37,42H,4-5,7-8,10,17-19H2,1-3H3,(H,33,41)(H,35,38)(H3,31,32,43)/b9-6+. The molecule has 0 aromatic heterocycles. The number of imide groups is 1. The molecule has 0 radical (unpaired) electrons. The number of aliphatic hydroxyl groups excluding tert-OH is 2. The number of nitrogens with one attached hydrogen (secondary N) is 4. The van der Waals surface area contributed by atoms with Crippen LogP contribution in [0.5, 0.6) is 0 Å². The Morgan fingerprint density at radius 2 is 1.70 bits per heavy atom. The molecule has 0 fully saturated rings. The van der Waals surface area contributed by atoms with Crippen LogP contribution < -0.4 is 27.0 Å². The summed E-state index contributed by atoms with van der Waals surface area (Å²) in [6.45, 7) is 5.78. The molecule has 3 atom stereocenters. The van der Waals surface area contributed by atoms with Crippen LogP contribution in [0.15, 0.2) is 48.6 Å². The number of amides is 6. The smallest absolute Gasteiger partial charge is 0.312 e. The summed E-state index contributed by atoms with van der Waals surface area (Å²) in [6, 6.07) is 4.96. The molecule has 1 aromatic rings. The van der Waals surface area contributed by atoms with Crippen LogP contribution in [0.4, 0.5) is 10.5 Å². The summed E-state index contributed by atoms with van der Waals surface area (Å²) in [5.74, 6) is -1.67. The minimum Gasteiger partial charge on any atom is -0.392 e. The molecule has 13 heteroatoms. The van der Waals surface area contributed by atoms with Gasteiger partial charge in [0.25, 0.3) is 11.8 Å². The van der Waals surface area contributed by atoms with Gasteiger partial charge < -0.3 is 31.9 Å². The van der Waals surface area contributed by atoms with Crippen LogP contribution in [0.25, 0.3) is 0 Å². The lowest BCUT2D eigenvalue weighted by atomic mass is 9.85. The number of unbranched alkanes of at least 4 members (excludes halogenated alkanes) is 2. The summed E-state index contributed by atoms with van der Waals surface area (Å²) >= 11 is 0. The third-order valence-electron chi connectivity index (χ3n) is 7.32. The van der Waals surface area contributed by atoms with Gasteiger partial charge in [-0.15, -0.1) is 0 Å². The molecule has 0 saturated heterocycles. The third kappa shape index (κ3) is 11.3. The van der Waals surface area contributed by atoms with Crippen molar-refractivity contribution in [2.45, 2.75) is 77.3 Å². The molecule has 0 saturated carbocycles. The predicted molar refractivity (Wildman–Crippen MR) is 161 cm³/mol. The van der Waals surface area contributed by atoms with Gasteiger partial charge in [0, 0.05) is 37.3 Å². The Labute approximate surface area is 252 Å². The van der Waals surface area contributed by atoms with Crippen LogP contribution in [0.2, 0.25) is 0 Å². The van der Waals surface area contributed by atoms with Gasteiger partial charge in [0.1, 0.15) is 12.3 Å². The SMILES string of the molecule is CC(C)C(C)(NC(=O)CCCCCN1C(=O)C=CC1=O)C(O)NC(/C=C/CCNC(N)=O)C(=O)Nc1ccc(CO)cc1. The highest BCUT2D eigenvalue weighted by Crippen LogP contribution is 2.22. The zero-order chi connectivity index (χ0) is 32.0. The minimum absolute atomic E-state index is 0.134. The zero-order valence-electron chi connectivity index (χ0n) is 25.0. The largest absolute Gasteiger partial charge is 0.392 e. The summed E-state index contributed by atoms with van der Waals surface area (Å²) in [4.78, 5) is 61.5. The third-order valence-corrected chi connectivity index (χ3v) is 7.32. The van der Waals surface area contributed by atoms with Gasteiger partial charge in [-0.05, 0) is 49.8 Å². The maximum atomic E-state index is 13.2. The maximum Gasteiger partial charge on any atom is 0.312 e. The van der Waals surface area contributed by atoms with Gasteiger partial charge in [-0.1, -0.05) is 44.6 Å². The molecule has 0 bridgehead atoms. The van der Waals surface area contributed by atoms with E-state index in [0.717, 1.165) is 4.90 Å². The van der Waals surface area contributed by atoms with Crippen molar-refractivity contribution < 1.29 is 34.2 Å². The normalized spacial score (nSPS) is 15.9. The fourth-order valence-corrected chi connectivity index (χ4v) is 4.26. The molecule has 0 aliphatic carbocycles.